The first kappa shape index (κ1) is 32.2. The number of unbranched alkanes of at least 4 members (excludes halogenated alkanes) is 11. The topological polar surface area (TPSA) is 42.7 Å². The molecule has 0 aliphatic heterocycles. The second-order valence-electron chi connectivity index (χ2n) is 9.48. The van der Waals surface area contributed by atoms with Crippen molar-refractivity contribution in [2.75, 3.05) is 18.6 Å². The molecule has 0 aliphatic rings. The summed E-state index contributed by atoms with van der Waals surface area (Å²) in [5.74, 6) is 1.37. The molecule has 5 nitrogen and oxygen atoms in total. The monoisotopic (exact) mass is 610 g/mol. The van der Waals surface area contributed by atoms with Crippen molar-refractivity contribution in [1.82, 2.24) is 0 Å². The van der Waals surface area contributed by atoms with Crippen molar-refractivity contribution in [1.29, 1.82) is 0 Å². The molecule has 2 rings (SSSR count). The molecule has 0 unspecified atom stereocenters. The molecule has 1 heterocycles. The van der Waals surface area contributed by atoms with Gasteiger partial charge in [-0.15, -0.1) is 0 Å². The Labute approximate surface area is 236 Å². The lowest BCUT2D eigenvalue weighted by Crippen LogP contribution is -3.00. The molecule has 202 valence electrons. The van der Waals surface area contributed by atoms with Gasteiger partial charge in [-0.05, 0) is 18.6 Å². The number of amides is 1. The predicted octanol–water partition coefficient (Wildman–Crippen LogP) is 4.16. The molecule has 2 aromatic rings. The number of nitrogens with zero attached hydrogens (tertiary/aromatic N) is 2. The number of aromatic nitrogens is 1. The van der Waals surface area contributed by atoms with Crippen LogP contribution in [0.2, 0.25) is 0 Å². The Morgan fingerprint density at radius 2 is 1.47 bits per heavy atom. The zero-order chi connectivity index (χ0) is 25.3. The molecule has 0 radical (unpaired) electrons. The molecule has 1 aromatic heterocycles. The zero-order valence-corrected chi connectivity index (χ0v) is 25.1. The number of carbonyl (C=O) groups is 1. The molecule has 0 bridgehead atoms. The number of hydrogen-bond acceptors (Lipinski definition) is 3. The lowest BCUT2D eigenvalue weighted by molar-refractivity contribution is -0.679. The minimum Gasteiger partial charge on any atom is -1.00 e. The van der Waals surface area contributed by atoms with Crippen LogP contribution >= 0.6 is 0 Å². The first-order valence-electron chi connectivity index (χ1n) is 13.6. The van der Waals surface area contributed by atoms with Gasteiger partial charge in [-0.3, -0.25) is 4.79 Å². The summed E-state index contributed by atoms with van der Waals surface area (Å²) >= 11 is 0. The fourth-order valence-corrected chi connectivity index (χ4v) is 4.34. The van der Waals surface area contributed by atoms with Crippen molar-refractivity contribution in [2.24, 2.45) is 7.05 Å². The maximum absolute atomic E-state index is 12.4. The number of methoxy groups -OCH3 is 1. The van der Waals surface area contributed by atoms with Crippen LogP contribution in [0.15, 0.2) is 42.6 Å². The molecular formula is C30H47IN2O3. The van der Waals surface area contributed by atoms with Crippen LogP contribution in [0.5, 0.6) is 11.5 Å². The lowest BCUT2D eigenvalue weighted by Gasteiger charge is -2.21. The van der Waals surface area contributed by atoms with Gasteiger partial charge in [-0.1, -0.05) is 83.6 Å². The Morgan fingerprint density at radius 3 is 2.03 bits per heavy atom. The van der Waals surface area contributed by atoms with Crippen molar-refractivity contribution in [3.63, 3.8) is 0 Å². The van der Waals surface area contributed by atoms with Crippen molar-refractivity contribution >= 4 is 11.6 Å². The summed E-state index contributed by atoms with van der Waals surface area (Å²) in [6.45, 7) is 5.04. The third-order valence-corrected chi connectivity index (χ3v) is 6.58. The smallest absolute Gasteiger partial charge is 0.224 e. The summed E-state index contributed by atoms with van der Waals surface area (Å²) in [5, 5.41) is 0. The number of ether oxygens (including phenoxy) is 2. The van der Waals surface area contributed by atoms with Crippen molar-refractivity contribution < 1.29 is 42.8 Å². The van der Waals surface area contributed by atoms with Gasteiger partial charge in [0.15, 0.2) is 17.7 Å². The van der Waals surface area contributed by atoms with E-state index in [1.54, 1.807) is 18.9 Å². The normalized spacial score (nSPS) is 10.6. The SMILES string of the molecule is CCCCCCCCCCCCCCOc1ccc(N(Cc2cccc[n+]2C)C(C)=O)cc1OC.[I-]. The molecule has 0 N–H and O–H groups in total. The molecule has 36 heavy (non-hydrogen) atoms. The van der Waals surface area contributed by atoms with Crippen LogP contribution in [0.25, 0.3) is 0 Å². The number of benzene rings is 1. The van der Waals surface area contributed by atoms with Gasteiger partial charge in [0.1, 0.15) is 13.6 Å². The van der Waals surface area contributed by atoms with Crippen LogP contribution in [-0.4, -0.2) is 19.6 Å². The highest BCUT2D eigenvalue weighted by Gasteiger charge is 2.19. The van der Waals surface area contributed by atoms with E-state index in [1.165, 1.54) is 70.6 Å². The summed E-state index contributed by atoms with van der Waals surface area (Å²) in [6, 6.07) is 11.7. The maximum atomic E-state index is 12.4. The summed E-state index contributed by atoms with van der Waals surface area (Å²) in [6.07, 6.45) is 17.9. The maximum Gasteiger partial charge on any atom is 0.224 e. The van der Waals surface area contributed by atoms with E-state index < -0.39 is 0 Å². The van der Waals surface area contributed by atoms with Crippen molar-refractivity contribution in [3.05, 3.63) is 48.3 Å². The predicted molar refractivity (Wildman–Crippen MR) is 144 cm³/mol. The summed E-state index contributed by atoms with van der Waals surface area (Å²) < 4.78 is 13.6. The number of pyridine rings is 1. The van der Waals surface area contributed by atoms with Crippen molar-refractivity contribution in [2.45, 2.75) is 97.4 Å². The second kappa shape index (κ2) is 19.3. The summed E-state index contributed by atoms with van der Waals surface area (Å²) in [7, 11) is 3.63. The first-order valence-corrected chi connectivity index (χ1v) is 13.6. The Balaban J connectivity index is 0.00000648. The molecule has 0 saturated heterocycles. The van der Waals surface area contributed by atoms with Crippen LogP contribution in [0.1, 0.15) is 96.6 Å². The standard InChI is InChI=1S/C30H47N2O3.HI/c1-5-6-7-8-9-10-11-12-13-14-15-18-23-35-29-21-20-27(24-30(29)34-4)32(26(2)33)25-28-19-16-17-22-31(28)3;/h16-17,19-22,24H,5-15,18,23,25H2,1-4H3;1H/q+1;/p-1. The number of carbonyl (C=O) groups excluding carboxylic acids is 1. The van der Waals surface area contributed by atoms with Crippen LogP contribution in [0.4, 0.5) is 5.69 Å². The van der Waals surface area contributed by atoms with Gasteiger partial charge in [-0.2, -0.15) is 0 Å². The zero-order valence-electron chi connectivity index (χ0n) is 22.9. The minimum absolute atomic E-state index is 0. The molecule has 0 saturated carbocycles. The number of aryl methyl sites for hydroxylation is 1. The van der Waals surface area contributed by atoms with Crippen LogP contribution in [0, 0.1) is 0 Å². The Kier molecular flexibility index (Phi) is 17.3. The fraction of sp³-hybridized carbons (Fsp3) is 0.600. The third-order valence-electron chi connectivity index (χ3n) is 6.58. The summed E-state index contributed by atoms with van der Waals surface area (Å²) in [5.41, 5.74) is 1.85. The van der Waals surface area contributed by atoms with E-state index in [0.717, 1.165) is 23.6 Å². The van der Waals surface area contributed by atoms with E-state index in [2.05, 4.69) is 6.92 Å². The Hall–Kier alpha value is -1.83. The van der Waals surface area contributed by atoms with Gasteiger partial charge in [0, 0.05) is 30.8 Å². The molecule has 1 amide bonds. The quantitative estimate of drug-likeness (QED) is 0.145. The average Bonchev–Trinajstić information content (AvgIpc) is 2.86. The van der Waals surface area contributed by atoms with E-state index in [0.29, 0.717) is 18.9 Å². The lowest BCUT2D eigenvalue weighted by atomic mass is 10.1. The second-order valence-corrected chi connectivity index (χ2v) is 9.48. The van der Waals surface area contributed by atoms with E-state index in [1.807, 2.05) is 54.2 Å². The van der Waals surface area contributed by atoms with Gasteiger partial charge in [-0.25, -0.2) is 4.57 Å². The average molecular weight is 611 g/mol. The highest BCUT2D eigenvalue weighted by molar-refractivity contribution is 5.91. The number of anilines is 1. The molecular weight excluding hydrogens is 563 g/mol. The summed E-state index contributed by atoms with van der Waals surface area (Å²) in [4.78, 5) is 14.2. The van der Waals surface area contributed by atoms with Gasteiger partial charge < -0.3 is 38.4 Å². The van der Waals surface area contributed by atoms with E-state index in [4.69, 9.17) is 9.47 Å². The van der Waals surface area contributed by atoms with E-state index in [9.17, 15) is 4.79 Å². The Morgan fingerprint density at radius 1 is 0.861 bits per heavy atom. The highest BCUT2D eigenvalue weighted by atomic mass is 127. The van der Waals surface area contributed by atoms with Crippen LogP contribution in [-0.2, 0) is 18.4 Å². The van der Waals surface area contributed by atoms with Crippen LogP contribution in [0.3, 0.4) is 0 Å². The molecule has 1 aromatic carbocycles. The Bertz CT molecular complexity index is 875. The van der Waals surface area contributed by atoms with E-state index >= 15 is 0 Å². The van der Waals surface area contributed by atoms with Crippen molar-refractivity contribution in [3.8, 4) is 11.5 Å². The number of halogens is 1. The van der Waals surface area contributed by atoms with Gasteiger partial charge in [0.25, 0.3) is 0 Å². The van der Waals surface area contributed by atoms with Crippen LogP contribution < -0.4 is 42.9 Å². The van der Waals surface area contributed by atoms with Gasteiger partial charge in [0.05, 0.1) is 13.7 Å². The third kappa shape index (κ3) is 11.9. The van der Waals surface area contributed by atoms with Gasteiger partial charge in [0.2, 0.25) is 11.6 Å². The molecule has 0 atom stereocenters. The molecule has 0 fully saturated rings. The highest BCUT2D eigenvalue weighted by Crippen LogP contribution is 2.32. The fourth-order valence-electron chi connectivity index (χ4n) is 4.34. The number of hydrogen-bond donors (Lipinski definition) is 0. The first-order chi connectivity index (χ1) is 17.1. The van der Waals surface area contributed by atoms with Gasteiger partial charge >= 0.3 is 0 Å². The largest absolute Gasteiger partial charge is 1.00 e. The molecule has 0 aliphatic carbocycles. The molecule has 6 heteroatoms. The molecule has 0 spiro atoms. The minimum atomic E-state index is -0.0129. The number of rotatable bonds is 18. The van der Waals surface area contributed by atoms with E-state index in [-0.39, 0.29) is 29.9 Å².